The Hall–Kier alpha value is -2.34. The Balaban J connectivity index is 2.08. The average Bonchev–Trinajstić information content (AvgIpc) is 2.45. The van der Waals surface area contributed by atoms with Crippen molar-refractivity contribution in [2.45, 2.75) is 11.4 Å². The van der Waals surface area contributed by atoms with E-state index >= 15 is 0 Å². The first-order valence-corrected chi connectivity index (χ1v) is 8.11. The summed E-state index contributed by atoms with van der Waals surface area (Å²) in [5, 5.41) is 11.9. The van der Waals surface area contributed by atoms with Crippen LogP contribution in [0.2, 0.25) is 0 Å². The van der Waals surface area contributed by atoms with E-state index in [4.69, 9.17) is 0 Å². The number of carbonyl (C=O) groups excluding carboxylic acids is 1. The number of sulfone groups is 1. The molecular weight excluding hydrogens is 290 g/mol. The van der Waals surface area contributed by atoms with Crippen LogP contribution in [0.1, 0.15) is 15.9 Å². The molecular formula is C15H15NO4S. The highest BCUT2D eigenvalue weighted by Crippen LogP contribution is 2.12. The third-order valence-electron chi connectivity index (χ3n) is 2.91. The molecule has 0 aromatic heterocycles. The highest BCUT2D eigenvalue weighted by atomic mass is 32.2. The summed E-state index contributed by atoms with van der Waals surface area (Å²) >= 11 is 0. The van der Waals surface area contributed by atoms with E-state index in [9.17, 15) is 18.3 Å². The number of hydrogen-bond donors (Lipinski definition) is 2. The lowest BCUT2D eigenvalue weighted by Gasteiger charge is -2.07. The van der Waals surface area contributed by atoms with Gasteiger partial charge in [-0.05, 0) is 35.9 Å². The quantitative estimate of drug-likeness (QED) is 0.901. The number of amides is 1. The van der Waals surface area contributed by atoms with Gasteiger partial charge in [-0.3, -0.25) is 4.79 Å². The van der Waals surface area contributed by atoms with Crippen LogP contribution in [0.5, 0.6) is 5.75 Å². The summed E-state index contributed by atoms with van der Waals surface area (Å²) in [7, 11) is -3.34. The minimum Gasteiger partial charge on any atom is -0.508 e. The number of nitrogens with one attached hydrogen (secondary N) is 1. The van der Waals surface area contributed by atoms with Crippen molar-refractivity contribution in [3.8, 4) is 5.75 Å². The lowest BCUT2D eigenvalue weighted by Crippen LogP contribution is -2.22. The molecule has 110 valence electrons. The molecule has 0 bridgehead atoms. The normalized spacial score (nSPS) is 11.1. The van der Waals surface area contributed by atoms with Crippen LogP contribution >= 0.6 is 0 Å². The van der Waals surface area contributed by atoms with E-state index in [0.717, 1.165) is 11.8 Å². The molecule has 0 spiro atoms. The Labute approximate surface area is 123 Å². The molecule has 0 radical (unpaired) electrons. The second-order valence-electron chi connectivity index (χ2n) is 4.65. The Morgan fingerprint density at radius 2 is 1.81 bits per heavy atom. The van der Waals surface area contributed by atoms with Gasteiger partial charge >= 0.3 is 0 Å². The fraction of sp³-hybridized carbons (Fsp3) is 0.133. The summed E-state index contributed by atoms with van der Waals surface area (Å²) in [4.78, 5) is 12.1. The molecule has 0 unspecified atom stereocenters. The highest BCUT2D eigenvalue weighted by Gasteiger charge is 2.11. The van der Waals surface area contributed by atoms with Crippen LogP contribution in [-0.4, -0.2) is 25.7 Å². The van der Waals surface area contributed by atoms with Gasteiger partial charge in [0.1, 0.15) is 5.75 Å². The number of aromatic hydroxyl groups is 1. The van der Waals surface area contributed by atoms with Gasteiger partial charge in [-0.1, -0.05) is 18.2 Å². The van der Waals surface area contributed by atoms with Gasteiger partial charge in [-0.2, -0.15) is 0 Å². The fourth-order valence-corrected chi connectivity index (χ4v) is 2.43. The van der Waals surface area contributed by atoms with Crippen molar-refractivity contribution in [2.75, 3.05) is 6.26 Å². The molecule has 2 aromatic rings. The highest BCUT2D eigenvalue weighted by molar-refractivity contribution is 7.90. The molecule has 0 aliphatic heterocycles. The van der Waals surface area contributed by atoms with Crippen LogP contribution in [0.15, 0.2) is 53.4 Å². The van der Waals surface area contributed by atoms with Gasteiger partial charge in [0.05, 0.1) is 4.90 Å². The van der Waals surface area contributed by atoms with Crippen molar-refractivity contribution in [1.29, 1.82) is 0 Å². The third-order valence-corrected chi connectivity index (χ3v) is 4.02. The summed E-state index contributed by atoms with van der Waals surface area (Å²) in [5.74, 6) is -0.195. The Kier molecular flexibility index (Phi) is 4.28. The number of rotatable bonds is 4. The summed E-state index contributed by atoms with van der Waals surface area (Å²) in [6.45, 7) is 0.294. The van der Waals surface area contributed by atoms with Crippen molar-refractivity contribution >= 4 is 15.7 Å². The maximum Gasteiger partial charge on any atom is 0.251 e. The maximum absolute atomic E-state index is 12.0. The summed E-state index contributed by atoms with van der Waals surface area (Å²) in [6, 6.07) is 12.4. The first-order valence-electron chi connectivity index (χ1n) is 6.22. The lowest BCUT2D eigenvalue weighted by atomic mass is 10.2. The van der Waals surface area contributed by atoms with Gasteiger partial charge in [0, 0.05) is 18.4 Å². The molecule has 2 rings (SSSR count). The van der Waals surface area contributed by atoms with E-state index in [1.165, 1.54) is 30.3 Å². The SMILES string of the molecule is CS(=O)(=O)c1cccc(C(=O)NCc2ccc(O)cc2)c1. The van der Waals surface area contributed by atoms with Crippen molar-refractivity contribution in [3.05, 3.63) is 59.7 Å². The van der Waals surface area contributed by atoms with E-state index in [0.29, 0.717) is 6.54 Å². The average molecular weight is 305 g/mol. The van der Waals surface area contributed by atoms with Crippen molar-refractivity contribution < 1.29 is 18.3 Å². The Morgan fingerprint density at radius 3 is 2.43 bits per heavy atom. The molecule has 5 nitrogen and oxygen atoms in total. The van der Waals surface area contributed by atoms with Gasteiger partial charge in [-0.15, -0.1) is 0 Å². The molecule has 0 atom stereocenters. The molecule has 2 aromatic carbocycles. The van der Waals surface area contributed by atoms with Gasteiger partial charge in [0.15, 0.2) is 9.84 Å². The van der Waals surface area contributed by atoms with Crippen molar-refractivity contribution in [3.63, 3.8) is 0 Å². The number of carbonyl (C=O) groups is 1. The van der Waals surface area contributed by atoms with Gasteiger partial charge in [0.2, 0.25) is 0 Å². The van der Waals surface area contributed by atoms with Gasteiger partial charge in [0.25, 0.3) is 5.91 Å². The second kappa shape index (κ2) is 5.97. The Bertz CT molecular complexity index is 751. The molecule has 1 amide bonds. The topological polar surface area (TPSA) is 83.5 Å². The Morgan fingerprint density at radius 1 is 1.14 bits per heavy atom. The minimum absolute atomic E-state index is 0.111. The van der Waals surface area contributed by atoms with Crippen molar-refractivity contribution in [1.82, 2.24) is 5.32 Å². The van der Waals surface area contributed by atoms with Gasteiger partial charge in [-0.25, -0.2) is 8.42 Å². The lowest BCUT2D eigenvalue weighted by molar-refractivity contribution is 0.0950. The molecule has 0 heterocycles. The second-order valence-corrected chi connectivity index (χ2v) is 6.66. The predicted octanol–water partition coefficient (Wildman–Crippen LogP) is 1.73. The van der Waals surface area contributed by atoms with Crippen LogP contribution in [0.25, 0.3) is 0 Å². The molecule has 0 aliphatic carbocycles. The summed E-state index contributed by atoms with van der Waals surface area (Å²) < 4.78 is 22.9. The smallest absolute Gasteiger partial charge is 0.251 e. The number of hydrogen-bond acceptors (Lipinski definition) is 4. The van der Waals surface area contributed by atoms with E-state index in [-0.39, 0.29) is 22.1 Å². The monoisotopic (exact) mass is 305 g/mol. The van der Waals surface area contributed by atoms with E-state index in [2.05, 4.69) is 5.32 Å². The first kappa shape index (κ1) is 15.1. The van der Waals surface area contributed by atoms with E-state index in [1.54, 1.807) is 18.2 Å². The molecule has 2 N–H and O–H groups in total. The zero-order chi connectivity index (χ0) is 15.5. The van der Waals surface area contributed by atoms with E-state index in [1.807, 2.05) is 0 Å². The number of phenols is 1. The molecule has 0 fully saturated rings. The molecule has 0 saturated heterocycles. The fourth-order valence-electron chi connectivity index (χ4n) is 1.77. The van der Waals surface area contributed by atoms with Crippen LogP contribution in [0, 0.1) is 0 Å². The predicted molar refractivity (Wildman–Crippen MR) is 78.8 cm³/mol. The zero-order valence-electron chi connectivity index (χ0n) is 11.4. The first-order chi connectivity index (χ1) is 9.86. The maximum atomic E-state index is 12.0. The number of phenolic OH excluding ortho intramolecular Hbond substituents is 1. The van der Waals surface area contributed by atoms with Gasteiger partial charge < -0.3 is 10.4 Å². The molecule has 6 heteroatoms. The summed E-state index contributed by atoms with van der Waals surface area (Å²) in [5.41, 5.74) is 1.12. The largest absolute Gasteiger partial charge is 0.508 e. The van der Waals surface area contributed by atoms with Crippen LogP contribution in [0.4, 0.5) is 0 Å². The van der Waals surface area contributed by atoms with E-state index < -0.39 is 9.84 Å². The van der Waals surface area contributed by atoms with Crippen LogP contribution in [0.3, 0.4) is 0 Å². The van der Waals surface area contributed by atoms with Crippen molar-refractivity contribution in [2.24, 2.45) is 0 Å². The molecule has 0 aliphatic rings. The third kappa shape index (κ3) is 4.06. The number of benzene rings is 2. The molecule has 21 heavy (non-hydrogen) atoms. The minimum atomic E-state index is -3.34. The standard InChI is InChI=1S/C15H15NO4S/c1-21(19,20)14-4-2-3-12(9-14)15(18)16-10-11-5-7-13(17)8-6-11/h2-9,17H,10H2,1H3,(H,16,18). The van der Waals surface area contributed by atoms with Crippen LogP contribution < -0.4 is 5.32 Å². The molecule has 0 saturated carbocycles. The summed E-state index contributed by atoms with van der Waals surface area (Å²) in [6.07, 6.45) is 1.10. The van der Waals surface area contributed by atoms with Crippen LogP contribution in [-0.2, 0) is 16.4 Å². The zero-order valence-corrected chi connectivity index (χ0v) is 12.2.